The molecule has 2 unspecified atom stereocenters. The molecule has 0 spiro atoms. The Morgan fingerprint density at radius 1 is 1.52 bits per heavy atom. The third-order valence-electron chi connectivity index (χ3n) is 4.20. The molecule has 118 valence electrons. The molecule has 0 aliphatic carbocycles. The van der Waals surface area contributed by atoms with Crippen LogP contribution in [0.1, 0.15) is 30.4 Å². The number of nitrogens with zero attached hydrogens (tertiary/aromatic N) is 2. The van der Waals surface area contributed by atoms with Crippen molar-refractivity contribution in [1.29, 1.82) is 0 Å². The fourth-order valence-electron chi connectivity index (χ4n) is 2.61. The molecule has 2 rings (SSSR count). The lowest BCUT2D eigenvalue weighted by Crippen LogP contribution is -2.47. The molecule has 21 heavy (non-hydrogen) atoms. The van der Waals surface area contributed by atoms with E-state index in [2.05, 4.69) is 12.1 Å². The molecule has 0 saturated carbocycles. The van der Waals surface area contributed by atoms with Gasteiger partial charge < -0.3 is 14.2 Å². The molecule has 0 radical (unpaired) electrons. The molecule has 5 nitrogen and oxygen atoms in total. The van der Waals surface area contributed by atoms with Gasteiger partial charge in [-0.05, 0) is 26.2 Å². The van der Waals surface area contributed by atoms with Crippen molar-refractivity contribution in [3.63, 3.8) is 0 Å². The average molecular weight is 312 g/mol. The number of rotatable bonds is 5. The summed E-state index contributed by atoms with van der Waals surface area (Å²) in [6, 6.07) is 0. The van der Waals surface area contributed by atoms with Gasteiger partial charge in [0, 0.05) is 31.5 Å². The van der Waals surface area contributed by atoms with Crippen LogP contribution < -0.4 is 0 Å². The number of hydrogen-bond donors (Lipinski definition) is 0. The maximum absolute atomic E-state index is 12.3. The van der Waals surface area contributed by atoms with E-state index in [1.807, 2.05) is 18.7 Å². The number of aryl methyl sites for hydroxylation is 2. The Balaban J connectivity index is 1.80. The number of likely N-dealkylation sites (tertiary alicyclic amines) is 1. The standard InChI is InChI=1S/C15H24N2O3S/c1-10-5-6-17(7-14(10)19-4)15(18)9-21-8-13-11(2)16-20-12(13)3/h10,14H,5-9H2,1-4H3. The van der Waals surface area contributed by atoms with Crippen molar-refractivity contribution >= 4 is 17.7 Å². The quantitative estimate of drug-likeness (QED) is 0.835. The Labute approximate surface area is 130 Å². The second kappa shape index (κ2) is 7.31. The molecule has 2 atom stereocenters. The van der Waals surface area contributed by atoms with Crippen molar-refractivity contribution in [3.8, 4) is 0 Å². The fraction of sp³-hybridized carbons (Fsp3) is 0.733. The summed E-state index contributed by atoms with van der Waals surface area (Å²) in [7, 11) is 1.72. The Morgan fingerprint density at radius 3 is 2.90 bits per heavy atom. The predicted molar refractivity (Wildman–Crippen MR) is 83.3 cm³/mol. The van der Waals surface area contributed by atoms with Crippen LogP contribution in [0.25, 0.3) is 0 Å². The number of piperidine rings is 1. The molecule has 1 aliphatic rings. The second-order valence-corrected chi connectivity index (χ2v) is 6.66. The SMILES string of the molecule is COC1CN(C(=O)CSCc2c(C)noc2C)CCC1C. The molecule has 1 aromatic heterocycles. The van der Waals surface area contributed by atoms with E-state index in [9.17, 15) is 4.79 Å². The highest BCUT2D eigenvalue weighted by Gasteiger charge is 2.28. The van der Waals surface area contributed by atoms with Crippen molar-refractivity contribution in [1.82, 2.24) is 10.1 Å². The average Bonchev–Trinajstić information content (AvgIpc) is 2.79. The molecule has 1 amide bonds. The molecular weight excluding hydrogens is 288 g/mol. The summed E-state index contributed by atoms with van der Waals surface area (Å²) in [5.41, 5.74) is 2.02. The molecule has 0 aromatic carbocycles. The van der Waals surface area contributed by atoms with Gasteiger partial charge in [0.15, 0.2) is 0 Å². The molecule has 2 heterocycles. The van der Waals surface area contributed by atoms with Crippen LogP contribution in [0.15, 0.2) is 4.52 Å². The van der Waals surface area contributed by atoms with Crippen LogP contribution in [-0.4, -0.2) is 48.0 Å². The number of hydrogen-bond acceptors (Lipinski definition) is 5. The van der Waals surface area contributed by atoms with E-state index in [0.717, 1.165) is 35.7 Å². The molecular formula is C15H24N2O3S. The van der Waals surface area contributed by atoms with Crippen LogP contribution in [0.2, 0.25) is 0 Å². The van der Waals surface area contributed by atoms with E-state index in [-0.39, 0.29) is 12.0 Å². The van der Waals surface area contributed by atoms with E-state index in [4.69, 9.17) is 9.26 Å². The number of ether oxygens (including phenoxy) is 1. The van der Waals surface area contributed by atoms with Gasteiger partial charge in [0.2, 0.25) is 5.91 Å². The first-order chi connectivity index (χ1) is 10.0. The van der Waals surface area contributed by atoms with E-state index in [1.165, 1.54) is 0 Å². The van der Waals surface area contributed by atoms with Gasteiger partial charge in [0.25, 0.3) is 0 Å². The number of aromatic nitrogens is 1. The zero-order valence-corrected chi connectivity index (χ0v) is 14.0. The smallest absolute Gasteiger partial charge is 0.232 e. The molecule has 6 heteroatoms. The molecule has 1 aliphatic heterocycles. The molecule has 1 aromatic rings. The Morgan fingerprint density at radius 2 is 2.29 bits per heavy atom. The highest BCUT2D eigenvalue weighted by atomic mass is 32.2. The summed E-state index contributed by atoms with van der Waals surface area (Å²) in [5.74, 6) is 2.83. The van der Waals surface area contributed by atoms with E-state index < -0.39 is 0 Å². The number of thioether (sulfide) groups is 1. The second-order valence-electron chi connectivity index (χ2n) is 5.68. The molecule has 1 saturated heterocycles. The molecule has 1 fully saturated rings. The van der Waals surface area contributed by atoms with Gasteiger partial charge in [0.05, 0.1) is 17.6 Å². The van der Waals surface area contributed by atoms with E-state index in [1.54, 1.807) is 18.9 Å². The lowest BCUT2D eigenvalue weighted by atomic mass is 9.96. The summed E-state index contributed by atoms with van der Waals surface area (Å²) in [4.78, 5) is 14.2. The fourth-order valence-corrected chi connectivity index (χ4v) is 3.68. The monoisotopic (exact) mass is 312 g/mol. The Kier molecular flexibility index (Phi) is 5.70. The Bertz CT molecular complexity index is 470. The topological polar surface area (TPSA) is 55.6 Å². The number of amides is 1. The number of carbonyl (C=O) groups excluding carboxylic acids is 1. The Hall–Kier alpha value is -1.01. The maximum atomic E-state index is 12.3. The van der Waals surface area contributed by atoms with E-state index in [0.29, 0.717) is 18.2 Å². The van der Waals surface area contributed by atoms with E-state index >= 15 is 0 Å². The first kappa shape index (κ1) is 16.4. The van der Waals surface area contributed by atoms with Gasteiger partial charge in [0.1, 0.15) is 5.76 Å². The van der Waals surface area contributed by atoms with Gasteiger partial charge >= 0.3 is 0 Å². The van der Waals surface area contributed by atoms with Crippen LogP contribution in [0, 0.1) is 19.8 Å². The zero-order valence-electron chi connectivity index (χ0n) is 13.2. The lowest BCUT2D eigenvalue weighted by molar-refractivity contribution is -0.133. The van der Waals surface area contributed by atoms with Crippen molar-refractivity contribution in [2.45, 2.75) is 39.0 Å². The third-order valence-corrected chi connectivity index (χ3v) is 5.14. The van der Waals surface area contributed by atoms with Gasteiger partial charge in [-0.2, -0.15) is 0 Å². The zero-order chi connectivity index (χ0) is 15.4. The van der Waals surface area contributed by atoms with Crippen molar-refractivity contribution in [2.75, 3.05) is 26.0 Å². The minimum atomic E-state index is 0.162. The van der Waals surface area contributed by atoms with Crippen molar-refractivity contribution in [3.05, 3.63) is 17.0 Å². The summed E-state index contributed by atoms with van der Waals surface area (Å²) in [6.07, 6.45) is 1.17. The number of methoxy groups -OCH3 is 1. The molecule has 0 N–H and O–H groups in total. The van der Waals surface area contributed by atoms with Gasteiger partial charge in [-0.1, -0.05) is 12.1 Å². The summed E-state index contributed by atoms with van der Waals surface area (Å²) in [5, 5.41) is 3.93. The van der Waals surface area contributed by atoms with Crippen molar-refractivity contribution in [2.24, 2.45) is 5.92 Å². The molecule has 0 bridgehead atoms. The first-order valence-corrected chi connectivity index (χ1v) is 8.48. The lowest BCUT2D eigenvalue weighted by Gasteiger charge is -2.36. The summed E-state index contributed by atoms with van der Waals surface area (Å²) in [6.45, 7) is 7.58. The van der Waals surface area contributed by atoms with Gasteiger partial charge in [-0.3, -0.25) is 4.79 Å². The highest BCUT2D eigenvalue weighted by Crippen LogP contribution is 2.22. The van der Waals surface area contributed by atoms with Gasteiger partial charge in [-0.15, -0.1) is 11.8 Å². The minimum absolute atomic E-state index is 0.162. The van der Waals surface area contributed by atoms with Gasteiger partial charge in [-0.25, -0.2) is 0 Å². The number of carbonyl (C=O) groups is 1. The third kappa shape index (κ3) is 4.01. The van der Waals surface area contributed by atoms with Crippen molar-refractivity contribution < 1.29 is 14.1 Å². The summed E-state index contributed by atoms with van der Waals surface area (Å²) < 4.78 is 10.6. The normalized spacial score (nSPS) is 22.6. The van der Waals surface area contributed by atoms with Crippen LogP contribution >= 0.6 is 11.8 Å². The maximum Gasteiger partial charge on any atom is 0.232 e. The predicted octanol–water partition coefficient (Wildman–Crippen LogP) is 2.41. The van der Waals surface area contributed by atoms with Crippen LogP contribution in [0.4, 0.5) is 0 Å². The summed E-state index contributed by atoms with van der Waals surface area (Å²) >= 11 is 1.62. The van der Waals surface area contributed by atoms with Crippen LogP contribution in [0.3, 0.4) is 0 Å². The largest absolute Gasteiger partial charge is 0.379 e. The minimum Gasteiger partial charge on any atom is -0.379 e. The van der Waals surface area contributed by atoms with Crippen LogP contribution in [-0.2, 0) is 15.3 Å². The van der Waals surface area contributed by atoms with Crippen LogP contribution in [0.5, 0.6) is 0 Å². The first-order valence-electron chi connectivity index (χ1n) is 7.33. The highest BCUT2D eigenvalue weighted by molar-refractivity contribution is 7.99.